The fourth-order valence-electron chi connectivity index (χ4n) is 1.66. The Bertz CT molecular complexity index is 313. The van der Waals surface area contributed by atoms with Crippen LogP contribution >= 0.6 is 0 Å². The molecule has 1 aromatic carbocycles. The van der Waals surface area contributed by atoms with E-state index in [2.05, 4.69) is 37.3 Å². The second kappa shape index (κ2) is 3.35. The Balaban J connectivity index is 2.12. The normalized spacial score (nSPS) is 27.4. The predicted molar refractivity (Wildman–Crippen MR) is 56.2 cm³/mol. The first-order chi connectivity index (χ1) is 6.27. The summed E-state index contributed by atoms with van der Waals surface area (Å²) in [6.45, 7) is 2.17. The first-order valence-corrected chi connectivity index (χ1v) is 4.76. The fourth-order valence-corrected chi connectivity index (χ4v) is 1.66. The van der Waals surface area contributed by atoms with Crippen molar-refractivity contribution in [3.05, 3.63) is 41.5 Å². The summed E-state index contributed by atoms with van der Waals surface area (Å²) in [6, 6.07) is 10.8. The van der Waals surface area contributed by atoms with Gasteiger partial charge < -0.3 is 5.73 Å². The van der Waals surface area contributed by atoms with Crippen molar-refractivity contribution in [3.63, 3.8) is 0 Å². The van der Waals surface area contributed by atoms with Crippen LogP contribution < -0.4 is 5.73 Å². The highest BCUT2D eigenvalue weighted by Crippen LogP contribution is 2.35. The Labute approximate surface area is 79.3 Å². The van der Waals surface area contributed by atoms with Crippen molar-refractivity contribution < 1.29 is 0 Å². The molecule has 1 unspecified atom stereocenters. The van der Waals surface area contributed by atoms with E-state index >= 15 is 0 Å². The van der Waals surface area contributed by atoms with Gasteiger partial charge in [-0.15, -0.1) is 0 Å². The molecule has 68 valence electrons. The summed E-state index contributed by atoms with van der Waals surface area (Å²) in [4.78, 5) is 0. The molecule has 0 saturated heterocycles. The van der Waals surface area contributed by atoms with Gasteiger partial charge in [0.05, 0.1) is 0 Å². The van der Waals surface area contributed by atoms with Crippen LogP contribution in [0.4, 0.5) is 0 Å². The molecular formula is C12H15N. The molecule has 1 aliphatic carbocycles. The van der Waals surface area contributed by atoms with Crippen LogP contribution in [-0.2, 0) is 0 Å². The van der Waals surface area contributed by atoms with Gasteiger partial charge in [0.2, 0.25) is 0 Å². The van der Waals surface area contributed by atoms with E-state index in [-0.39, 0.29) is 0 Å². The van der Waals surface area contributed by atoms with Crippen LogP contribution in [0.1, 0.15) is 18.9 Å². The van der Waals surface area contributed by atoms with Crippen molar-refractivity contribution in [2.24, 2.45) is 11.7 Å². The molecule has 2 atom stereocenters. The van der Waals surface area contributed by atoms with Crippen molar-refractivity contribution in [2.45, 2.75) is 19.4 Å². The fraction of sp³-hybridized carbons (Fsp3) is 0.333. The van der Waals surface area contributed by atoms with Crippen molar-refractivity contribution >= 4 is 6.08 Å². The SMILES string of the molecule is C/C(=C\c1ccccc1)C1C[C@H]1N. The summed E-state index contributed by atoms with van der Waals surface area (Å²) in [5.41, 5.74) is 8.47. The van der Waals surface area contributed by atoms with Crippen LogP contribution in [0.25, 0.3) is 6.08 Å². The average Bonchev–Trinajstić information content (AvgIpc) is 2.84. The monoisotopic (exact) mass is 173 g/mol. The lowest BCUT2D eigenvalue weighted by Gasteiger charge is -1.98. The minimum absolute atomic E-state index is 0.417. The third-order valence-electron chi connectivity index (χ3n) is 2.62. The molecule has 1 fully saturated rings. The quantitative estimate of drug-likeness (QED) is 0.730. The van der Waals surface area contributed by atoms with Crippen molar-refractivity contribution in [1.82, 2.24) is 0 Å². The molecule has 2 rings (SSSR count). The first kappa shape index (κ1) is 8.52. The number of rotatable bonds is 2. The third kappa shape index (κ3) is 1.99. The lowest BCUT2D eigenvalue weighted by Crippen LogP contribution is -2.02. The van der Waals surface area contributed by atoms with Gasteiger partial charge in [-0.05, 0) is 24.8 Å². The highest BCUT2D eigenvalue weighted by molar-refractivity contribution is 5.53. The van der Waals surface area contributed by atoms with E-state index in [9.17, 15) is 0 Å². The second-order valence-corrected chi connectivity index (χ2v) is 3.81. The van der Waals surface area contributed by atoms with Crippen molar-refractivity contribution in [3.8, 4) is 0 Å². The van der Waals surface area contributed by atoms with E-state index in [4.69, 9.17) is 5.73 Å². The van der Waals surface area contributed by atoms with Crippen LogP contribution in [-0.4, -0.2) is 6.04 Å². The molecule has 0 radical (unpaired) electrons. The highest BCUT2D eigenvalue weighted by Gasteiger charge is 2.34. The number of hydrogen-bond donors (Lipinski definition) is 1. The lowest BCUT2D eigenvalue weighted by molar-refractivity contribution is 0.924. The zero-order chi connectivity index (χ0) is 9.26. The van der Waals surface area contributed by atoms with E-state index < -0.39 is 0 Å². The van der Waals surface area contributed by atoms with Gasteiger partial charge in [-0.1, -0.05) is 42.0 Å². The molecule has 13 heavy (non-hydrogen) atoms. The molecule has 0 amide bonds. The van der Waals surface area contributed by atoms with Crippen molar-refractivity contribution in [1.29, 1.82) is 0 Å². The lowest BCUT2D eigenvalue weighted by atomic mass is 10.1. The smallest absolute Gasteiger partial charge is 0.0111 e. The summed E-state index contributed by atoms with van der Waals surface area (Å²) < 4.78 is 0. The summed E-state index contributed by atoms with van der Waals surface area (Å²) in [7, 11) is 0. The minimum atomic E-state index is 0.417. The van der Waals surface area contributed by atoms with Crippen LogP contribution in [0, 0.1) is 5.92 Å². The molecule has 1 aliphatic rings. The van der Waals surface area contributed by atoms with Crippen molar-refractivity contribution in [2.75, 3.05) is 0 Å². The van der Waals surface area contributed by atoms with E-state index in [1.165, 1.54) is 11.1 Å². The van der Waals surface area contributed by atoms with E-state index in [0.29, 0.717) is 12.0 Å². The molecule has 2 N–H and O–H groups in total. The first-order valence-electron chi connectivity index (χ1n) is 4.76. The van der Waals surface area contributed by atoms with E-state index in [0.717, 1.165) is 6.42 Å². The molecule has 1 saturated carbocycles. The van der Waals surface area contributed by atoms with Crippen LogP contribution in [0.2, 0.25) is 0 Å². The summed E-state index contributed by atoms with van der Waals surface area (Å²) >= 11 is 0. The molecule has 1 heteroatoms. The van der Waals surface area contributed by atoms with Gasteiger partial charge >= 0.3 is 0 Å². The number of benzene rings is 1. The van der Waals surface area contributed by atoms with Gasteiger partial charge in [0.1, 0.15) is 0 Å². The zero-order valence-electron chi connectivity index (χ0n) is 7.90. The molecule has 1 nitrogen and oxygen atoms in total. The highest BCUT2D eigenvalue weighted by atomic mass is 14.7. The summed E-state index contributed by atoms with van der Waals surface area (Å²) in [5, 5.41) is 0. The maximum atomic E-state index is 5.78. The van der Waals surface area contributed by atoms with Gasteiger partial charge in [-0.2, -0.15) is 0 Å². The van der Waals surface area contributed by atoms with Gasteiger partial charge in [-0.25, -0.2) is 0 Å². The number of nitrogens with two attached hydrogens (primary N) is 1. The van der Waals surface area contributed by atoms with Gasteiger partial charge in [0.25, 0.3) is 0 Å². The summed E-state index contributed by atoms with van der Waals surface area (Å²) in [5.74, 6) is 0.639. The average molecular weight is 173 g/mol. The Morgan fingerprint density at radius 3 is 2.54 bits per heavy atom. The van der Waals surface area contributed by atoms with E-state index in [1.54, 1.807) is 0 Å². The van der Waals surface area contributed by atoms with Crippen LogP contribution in [0.3, 0.4) is 0 Å². The Hall–Kier alpha value is -1.08. The van der Waals surface area contributed by atoms with Crippen LogP contribution in [0.5, 0.6) is 0 Å². The van der Waals surface area contributed by atoms with Gasteiger partial charge in [-0.3, -0.25) is 0 Å². The maximum Gasteiger partial charge on any atom is 0.0111 e. The molecule has 1 aromatic rings. The molecule has 0 spiro atoms. The Morgan fingerprint density at radius 1 is 1.38 bits per heavy atom. The topological polar surface area (TPSA) is 26.0 Å². The van der Waals surface area contributed by atoms with E-state index in [1.807, 2.05) is 6.07 Å². The van der Waals surface area contributed by atoms with Gasteiger partial charge in [0.15, 0.2) is 0 Å². The molecule has 0 heterocycles. The largest absolute Gasteiger partial charge is 0.327 e. The standard InChI is InChI=1S/C12H15N/c1-9(11-8-12(11)13)7-10-5-3-2-4-6-10/h2-7,11-12H,8,13H2,1H3/b9-7+/t11?,12-/m1/s1. The van der Waals surface area contributed by atoms with Gasteiger partial charge in [0, 0.05) is 6.04 Å². The molecule has 0 aromatic heterocycles. The zero-order valence-corrected chi connectivity index (χ0v) is 7.90. The maximum absolute atomic E-state index is 5.78. The molecule has 0 bridgehead atoms. The molecule has 0 aliphatic heterocycles. The Kier molecular flexibility index (Phi) is 2.19. The predicted octanol–water partition coefficient (Wildman–Crippen LogP) is 2.44. The number of hydrogen-bond acceptors (Lipinski definition) is 1. The minimum Gasteiger partial charge on any atom is -0.327 e. The summed E-state index contributed by atoms with van der Waals surface area (Å²) in [6.07, 6.45) is 3.40. The third-order valence-corrected chi connectivity index (χ3v) is 2.62. The Morgan fingerprint density at radius 2 is 2.00 bits per heavy atom. The van der Waals surface area contributed by atoms with Crippen LogP contribution in [0.15, 0.2) is 35.9 Å². The second-order valence-electron chi connectivity index (χ2n) is 3.81. The molecular weight excluding hydrogens is 158 g/mol.